The Hall–Kier alpha value is -4.86. The minimum absolute atomic E-state index is 0.0524. The average molecular weight is 599 g/mol. The van der Waals surface area contributed by atoms with Crippen molar-refractivity contribution in [1.82, 2.24) is 10.3 Å². The zero-order valence-corrected chi connectivity index (χ0v) is 23.6. The fraction of sp³-hybridized carbons (Fsp3) is 0.0312. The fourth-order valence-corrected chi connectivity index (χ4v) is 4.93. The number of hydrogen-bond donors (Lipinski definition) is 4. The zero-order chi connectivity index (χ0) is 29.5. The van der Waals surface area contributed by atoms with E-state index in [0.717, 1.165) is 27.4 Å². The Labute approximate surface area is 250 Å². The fourth-order valence-electron chi connectivity index (χ4n) is 4.07. The lowest BCUT2D eigenvalue weighted by Crippen LogP contribution is -2.30. The van der Waals surface area contributed by atoms with Gasteiger partial charge in [0, 0.05) is 43.8 Å². The van der Waals surface area contributed by atoms with Crippen molar-refractivity contribution < 1.29 is 18.8 Å². The highest BCUT2D eigenvalue weighted by molar-refractivity contribution is 8.00. The number of anilines is 2. The molecule has 4 aromatic carbocycles. The van der Waals surface area contributed by atoms with Crippen molar-refractivity contribution in [2.75, 3.05) is 16.4 Å². The Kier molecular flexibility index (Phi) is 9.01. The van der Waals surface area contributed by atoms with Gasteiger partial charge in [0.1, 0.15) is 11.5 Å². The third kappa shape index (κ3) is 7.25. The third-order valence-corrected chi connectivity index (χ3v) is 7.38. The van der Waals surface area contributed by atoms with Gasteiger partial charge in [-0.2, -0.15) is 0 Å². The summed E-state index contributed by atoms with van der Waals surface area (Å²) >= 11 is 7.01. The summed E-state index contributed by atoms with van der Waals surface area (Å²) in [7, 11) is 0. The van der Waals surface area contributed by atoms with Crippen LogP contribution >= 0.6 is 23.4 Å². The molecule has 0 aliphatic carbocycles. The van der Waals surface area contributed by atoms with Crippen molar-refractivity contribution in [1.29, 1.82) is 0 Å². The summed E-state index contributed by atoms with van der Waals surface area (Å²) < 4.78 is 13.9. The largest absolute Gasteiger partial charge is 0.361 e. The highest BCUT2D eigenvalue weighted by atomic mass is 35.5. The van der Waals surface area contributed by atoms with E-state index in [9.17, 15) is 18.8 Å². The standard InChI is InChI=1S/C32H24ClFN4O3S/c33-22-10-15-28(26(34)17-22)37-30(39)19-42-24-13-11-23(12-14-24)36-32(41)29(38-31(40)20-6-2-1-3-7-20)16-21-18-35-27-9-5-4-8-25(21)27/h1-18,35H,19H2,(H,36,41)(H,37,39)(H,38,40). The molecule has 10 heteroatoms. The van der Waals surface area contributed by atoms with E-state index in [1.807, 2.05) is 24.3 Å². The number of aromatic nitrogens is 1. The predicted octanol–water partition coefficient (Wildman–Crippen LogP) is 7.10. The topological polar surface area (TPSA) is 103 Å². The first-order valence-corrected chi connectivity index (χ1v) is 14.2. The summed E-state index contributed by atoms with van der Waals surface area (Å²) in [5.41, 5.74) is 2.68. The molecule has 1 aromatic heterocycles. The van der Waals surface area contributed by atoms with E-state index in [0.29, 0.717) is 11.3 Å². The Balaban J connectivity index is 1.26. The van der Waals surface area contributed by atoms with E-state index in [4.69, 9.17) is 11.6 Å². The van der Waals surface area contributed by atoms with E-state index in [2.05, 4.69) is 20.9 Å². The molecule has 4 N–H and O–H groups in total. The quantitative estimate of drug-likeness (QED) is 0.107. The van der Waals surface area contributed by atoms with Crippen LogP contribution in [0.3, 0.4) is 0 Å². The average Bonchev–Trinajstić information content (AvgIpc) is 3.41. The summed E-state index contributed by atoms with van der Waals surface area (Å²) in [6.45, 7) is 0. The molecule has 0 aliphatic rings. The van der Waals surface area contributed by atoms with E-state index >= 15 is 0 Å². The first-order chi connectivity index (χ1) is 20.4. The number of fused-ring (bicyclic) bond motifs is 1. The molecule has 0 saturated heterocycles. The van der Waals surface area contributed by atoms with Gasteiger partial charge in [0.15, 0.2) is 0 Å². The molecule has 0 saturated carbocycles. The van der Waals surface area contributed by atoms with Crippen LogP contribution in [0.25, 0.3) is 17.0 Å². The van der Waals surface area contributed by atoms with Gasteiger partial charge in [0.2, 0.25) is 5.91 Å². The van der Waals surface area contributed by atoms with Crippen molar-refractivity contribution in [3.63, 3.8) is 0 Å². The number of rotatable bonds is 9. The number of nitrogens with one attached hydrogen (secondary N) is 4. The van der Waals surface area contributed by atoms with Crippen LogP contribution in [0.4, 0.5) is 15.8 Å². The Morgan fingerprint density at radius 1 is 0.881 bits per heavy atom. The van der Waals surface area contributed by atoms with Gasteiger partial charge in [-0.1, -0.05) is 48.0 Å². The van der Waals surface area contributed by atoms with Gasteiger partial charge in [-0.3, -0.25) is 14.4 Å². The third-order valence-electron chi connectivity index (χ3n) is 6.14. The molecule has 0 fully saturated rings. The summed E-state index contributed by atoms with van der Waals surface area (Å²) in [6.07, 6.45) is 3.40. The first-order valence-electron chi connectivity index (χ1n) is 12.8. The second-order valence-electron chi connectivity index (χ2n) is 9.11. The monoisotopic (exact) mass is 598 g/mol. The second-order valence-corrected chi connectivity index (χ2v) is 10.6. The molecular weight excluding hydrogens is 575 g/mol. The maximum Gasteiger partial charge on any atom is 0.272 e. The summed E-state index contributed by atoms with van der Waals surface area (Å²) in [5.74, 6) is -1.86. The molecule has 0 atom stereocenters. The maximum absolute atomic E-state index is 13.9. The molecule has 1 heterocycles. The molecule has 7 nitrogen and oxygen atoms in total. The van der Waals surface area contributed by atoms with Crippen LogP contribution in [0.15, 0.2) is 114 Å². The Morgan fingerprint density at radius 2 is 1.62 bits per heavy atom. The molecule has 210 valence electrons. The highest BCUT2D eigenvalue weighted by Gasteiger charge is 2.16. The predicted molar refractivity (Wildman–Crippen MR) is 166 cm³/mol. The normalized spacial score (nSPS) is 11.2. The first kappa shape index (κ1) is 28.7. The van der Waals surface area contributed by atoms with Crippen molar-refractivity contribution in [2.24, 2.45) is 0 Å². The van der Waals surface area contributed by atoms with Gasteiger partial charge >= 0.3 is 0 Å². The Morgan fingerprint density at radius 3 is 2.38 bits per heavy atom. The maximum atomic E-state index is 13.9. The molecule has 5 aromatic rings. The van der Waals surface area contributed by atoms with Crippen molar-refractivity contribution in [2.45, 2.75) is 4.90 Å². The molecule has 0 aliphatic heterocycles. The van der Waals surface area contributed by atoms with Crippen LogP contribution in [0.1, 0.15) is 15.9 Å². The number of halogens is 2. The molecule has 3 amide bonds. The van der Waals surface area contributed by atoms with Crippen LogP contribution in [0.2, 0.25) is 5.02 Å². The van der Waals surface area contributed by atoms with E-state index < -0.39 is 17.6 Å². The number of para-hydroxylation sites is 1. The summed E-state index contributed by atoms with van der Waals surface area (Å²) in [4.78, 5) is 42.5. The number of hydrogen-bond acceptors (Lipinski definition) is 4. The van der Waals surface area contributed by atoms with Crippen molar-refractivity contribution in [3.8, 4) is 0 Å². The van der Waals surface area contributed by atoms with E-state index in [1.165, 1.54) is 23.9 Å². The van der Waals surface area contributed by atoms with Crippen LogP contribution < -0.4 is 16.0 Å². The van der Waals surface area contributed by atoms with Gasteiger partial charge < -0.3 is 20.9 Å². The lowest BCUT2D eigenvalue weighted by molar-refractivity contribution is -0.114. The summed E-state index contributed by atoms with van der Waals surface area (Å²) in [6, 6.07) is 27.2. The molecule has 0 unspecified atom stereocenters. The zero-order valence-electron chi connectivity index (χ0n) is 22.0. The molecule has 42 heavy (non-hydrogen) atoms. The molecular formula is C32H24ClFN4O3S. The smallest absolute Gasteiger partial charge is 0.272 e. The van der Waals surface area contributed by atoms with Crippen LogP contribution in [0, 0.1) is 5.82 Å². The van der Waals surface area contributed by atoms with Crippen molar-refractivity contribution in [3.05, 3.63) is 131 Å². The number of amides is 3. The minimum atomic E-state index is -0.612. The molecule has 0 bridgehead atoms. The number of H-pyrrole nitrogens is 1. The van der Waals surface area contributed by atoms with Gasteiger partial charge in [-0.15, -0.1) is 11.8 Å². The number of carbonyl (C=O) groups excluding carboxylic acids is 3. The number of benzene rings is 4. The minimum Gasteiger partial charge on any atom is -0.361 e. The van der Waals surface area contributed by atoms with Gasteiger partial charge in [0.05, 0.1) is 11.4 Å². The lowest BCUT2D eigenvalue weighted by atomic mass is 10.1. The second kappa shape index (κ2) is 13.2. The van der Waals surface area contributed by atoms with Gasteiger partial charge in [-0.25, -0.2) is 4.39 Å². The molecule has 5 rings (SSSR count). The molecule has 0 spiro atoms. The number of aromatic amines is 1. The highest BCUT2D eigenvalue weighted by Crippen LogP contribution is 2.24. The van der Waals surface area contributed by atoms with E-state index in [1.54, 1.807) is 66.9 Å². The number of thioether (sulfide) groups is 1. The Bertz CT molecular complexity index is 1790. The molecule has 0 radical (unpaired) electrons. The summed E-state index contributed by atoms with van der Waals surface area (Å²) in [5, 5.41) is 9.23. The van der Waals surface area contributed by atoms with Crippen molar-refractivity contribution >= 4 is 69.4 Å². The lowest BCUT2D eigenvalue weighted by Gasteiger charge is -2.12. The van der Waals surface area contributed by atoms with E-state index in [-0.39, 0.29) is 28.1 Å². The van der Waals surface area contributed by atoms with Crippen LogP contribution in [-0.4, -0.2) is 28.5 Å². The number of carbonyl (C=O) groups is 3. The van der Waals surface area contributed by atoms with Gasteiger partial charge in [0.25, 0.3) is 11.8 Å². The van der Waals surface area contributed by atoms with Crippen LogP contribution in [-0.2, 0) is 9.59 Å². The van der Waals surface area contributed by atoms with Gasteiger partial charge in [-0.05, 0) is 66.7 Å². The van der Waals surface area contributed by atoms with Crippen LogP contribution in [0.5, 0.6) is 0 Å². The SMILES string of the molecule is O=C(CSc1ccc(NC(=O)C(=Cc2c[nH]c3ccccc23)NC(=O)c2ccccc2)cc1)Nc1ccc(Cl)cc1F.